The summed E-state index contributed by atoms with van der Waals surface area (Å²) >= 11 is 0. The predicted molar refractivity (Wildman–Crippen MR) is 117 cm³/mol. The van der Waals surface area contributed by atoms with E-state index in [-0.39, 0.29) is 10.6 Å². The number of rotatable bonds is 8. The van der Waals surface area contributed by atoms with Crippen molar-refractivity contribution in [3.63, 3.8) is 0 Å². The minimum Gasteiger partial charge on any atom is -0.467 e. The Labute approximate surface area is 178 Å². The van der Waals surface area contributed by atoms with Crippen LogP contribution >= 0.6 is 0 Å². The number of carbonyl (C=O) groups excluding carboxylic acids is 1. The van der Waals surface area contributed by atoms with Crippen LogP contribution in [0.25, 0.3) is 0 Å². The van der Waals surface area contributed by atoms with Crippen LogP contribution in [0.15, 0.2) is 36.4 Å². The van der Waals surface area contributed by atoms with E-state index >= 15 is 0 Å². The van der Waals surface area contributed by atoms with Gasteiger partial charge in [-0.15, -0.1) is 0 Å². The van der Waals surface area contributed by atoms with Crippen molar-refractivity contribution < 1.29 is 19.2 Å². The van der Waals surface area contributed by atoms with E-state index < -0.39 is 17.7 Å². The first-order chi connectivity index (χ1) is 14.0. The second-order valence-electron chi connectivity index (χ2n) is 8.46. The van der Waals surface area contributed by atoms with Gasteiger partial charge in [-0.2, -0.15) is 0 Å². The van der Waals surface area contributed by atoms with Gasteiger partial charge >= 0.3 is 5.97 Å². The van der Waals surface area contributed by atoms with Crippen LogP contribution in [0.4, 0.5) is 5.69 Å². The fourth-order valence-corrected chi connectivity index (χ4v) is 3.63. The summed E-state index contributed by atoms with van der Waals surface area (Å²) in [7, 11) is 1.29. The molecule has 0 aromatic heterocycles. The molecule has 162 valence electrons. The van der Waals surface area contributed by atoms with E-state index in [0.29, 0.717) is 23.1 Å². The van der Waals surface area contributed by atoms with Gasteiger partial charge in [-0.25, -0.2) is 4.79 Å². The molecule has 0 spiro atoms. The molecular formula is C24H31NO5. The van der Waals surface area contributed by atoms with Gasteiger partial charge in [-0.05, 0) is 65.0 Å². The zero-order valence-corrected chi connectivity index (χ0v) is 18.7. The van der Waals surface area contributed by atoms with Crippen LogP contribution in [0, 0.1) is 24.0 Å². The van der Waals surface area contributed by atoms with Gasteiger partial charge in [0.15, 0.2) is 6.10 Å². The number of hydrogen-bond donors (Lipinski definition) is 0. The lowest BCUT2D eigenvalue weighted by atomic mass is 9.91. The average Bonchev–Trinajstić information content (AvgIpc) is 2.67. The third-order valence-electron chi connectivity index (χ3n) is 5.01. The molecule has 30 heavy (non-hydrogen) atoms. The second kappa shape index (κ2) is 9.85. The van der Waals surface area contributed by atoms with Crippen LogP contribution < -0.4 is 0 Å². The first-order valence-corrected chi connectivity index (χ1v) is 10.1. The molecule has 0 aliphatic rings. The van der Waals surface area contributed by atoms with E-state index in [1.54, 1.807) is 6.92 Å². The maximum Gasteiger partial charge on any atom is 0.339 e. The normalized spacial score (nSPS) is 12.5. The standard InChI is InChI=1S/C24H31NO5/c1-16-15-20(22(23(26)29-6)30-24(3,4)5)17(2)21(25(27)28)19(16)14-10-13-18-11-8-7-9-12-18/h7-9,11-12,15,22H,10,13-14H2,1-6H3. The van der Waals surface area contributed by atoms with E-state index in [2.05, 4.69) is 12.1 Å². The quantitative estimate of drug-likeness (QED) is 0.328. The molecule has 0 fully saturated rings. The lowest BCUT2D eigenvalue weighted by Crippen LogP contribution is -2.29. The molecule has 6 nitrogen and oxygen atoms in total. The molecule has 1 atom stereocenters. The van der Waals surface area contributed by atoms with E-state index in [1.807, 2.05) is 52.0 Å². The number of carbonyl (C=O) groups is 1. The molecule has 0 aliphatic carbocycles. The highest BCUT2D eigenvalue weighted by Gasteiger charge is 2.33. The number of methoxy groups -OCH3 is 1. The van der Waals surface area contributed by atoms with E-state index in [4.69, 9.17) is 9.47 Å². The van der Waals surface area contributed by atoms with Gasteiger partial charge in [0.25, 0.3) is 5.69 Å². The number of nitrogens with zero attached hydrogens (tertiary/aromatic N) is 1. The smallest absolute Gasteiger partial charge is 0.339 e. The van der Waals surface area contributed by atoms with Crippen molar-refractivity contribution in [2.75, 3.05) is 7.11 Å². The number of esters is 1. The molecule has 0 N–H and O–H groups in total. The largest absolute Gasteiger partial charge is 0.467 e. The molecule has 2 aromatic rings. The van der Waals surface area contributed by atoms with Crippen LogP contribution in [0.3, 0.4) is 0 Å². The van der Waals surface area contributed by atoms with Gasteiger partial charge in [0, 0.05) is 16.7 Å². The molecule has 0 amide bonds. The Morgan fingerprint density at radius 2 is 1.77 bits per heavy atom. The molecule has 2 rings (SSSR count). The second-order valence-corrected chi connectivity index (χ2v) is 8.46. The summed E-state index contributed by atoms with van der Waals surface area (Å²) in [4.78, 5) is 24.1. The third-order valence-corrected chi connectivity index (χ3v) is 5.01. The molecule has 1 unspecified atom stereocenters. The van der Waals surface area contributed by atoms with Gasteiger partial charge in [0.1, 0.15) is 0 Å². The summed E-state index contributed by atoms with van der Waals surface area (Å²) in [6.45, 7) is 9.02. The summed E-state index contributed by atoms with van der Waals surface area (Å²) in [5, 5.41) is 12.0. The van der Waals surface area contributed by atoms with Gasteiger partial charge in [0.05, 0.1) is 17.6 Å². The maximum absolute atomic E-state index is 12.4. The lowest BCUT2D eigenvalue weighted by Gasteiger charge is -2.27. The number of nitro benzene ring substituents is 1. The number of ether oxygens (including phenoxy) is 2. The molecule has 0 aliphatic heterocycles. The molecule has 0 saturated heterocycles. The summed E-state index contributed by atoms with van der Waals surface area (Å²) < 4.78 is 10.8. The fourth-order valence-electron chi connectivity index (χ4n) is 3.63. The van der Waals surface area contributed by atoms with Crippen molar-refractivity contribution in [3.05, 3.63) is 74.3 Å². The molecular weight excluding hydrogens is 382 g/mol. The summed E-state index contributed by atoms with van der Waals surface area (Å²) in [5.41, 5.74) is 3.05. The maximum atomic E-state index is 12.4. The summed E-state index contributed by atoms with van der Waals surface area (Å²) in [5.74, 6) is -0.571. The van der Waals surface area contributed by atoms with E-state index in [9.17, 15) is 14.9 Å². The van der Waals surface area contributed by atoms with Crippen LogP contribution in [0.1, 0.15) is 61.1 Å². The highest BCUT2D eigenvalue weighted by atomic mass is 16.6. The lowest BCUT2D eigenvalue weighted by molar-refractivity contribution is -0.386. The Kier molecular flexibility index (Phi) is 7.73. The fraction of sp³-hybridized carbons (Fsp3) is 0.458. The molecule has 2 aromatic carbocycles. The van der Waals surface area contributed by atoms with Crippen LogP contribution in [0.5, 0.6) is 0 Å². The van der Waals surface area contributed by atoms with Crippen molar-refractivity contribution in [3.8, 4) is 0 Å². The summed E-state index contributed by atoms with van der Waals surface area (Å²) in [6.07, 6.45) is 1.20. The Bertz CT molecular complexity index is 900. The predicted octanol–water partition coefficient (Wildman–Crippen LogP) is 5.42. The number of nitro groups is 1. The van der Waals surface area contributed by atoms with Crippen LogP contribution in [0.2, 0.25) is 0 Å². The van der Waals surface area contributed by atoms with Crippen LogP contribution in [-0.4, -0.2) is 23.6 Å². The Hall–Kier alpha value is -2.73. The third kappa shape index (κ3) is 5.89. The number of aryl methyl sites for hydroxylation is 2. The van der Waals surface area contributed by atoms with Crippen LogP contribution in [-0.2, 0) is 27.1 Å². The van der Waals surface area contributed by atoms with E-state index in [0.717, 1.165) is 18.4 Å². The SMILES string of the molecule is COC(=O)C(OC(C)(C)C)c1cc(C)c(CCCc2ccccc2)c([N+](=O)[O-])c1C. The molecule has 6 heteroatoms. The summed E-state index contributed by atoms with van der Waals surface area (Å²) in [6, 6.07) is 11.9. The van der Waals surface area contributed by atoms with Gasteiger partial charge in [0.2, 0.25) is 0 Å². The average molecular weight is 414 g/mol. The van der Waals surface area contributed by atoms with Gasteiger partial charge < -0.3 is 9.47 Å². The van der Waals surface area contributed by atoms with Crippen molar-refractivity contribution >= 4 is 11.7 Å². The van der Waals surface area contributed by atoms with Gasteiger partial charge in [-0.1, -0.05) is 36.4 Å². The van der Waals surface area contributed by atoms with Crippen molar-refractivity contribution in [2.24, 2.45) is 0 Å². The van der Waals surface area contributed by atoms with Crippen molar-refractivity contribution in [2.45, 2.75) is 65.6 Å². The van der Waals surface area contributed by atoms with E-state index in [1.165, 1.54) is 12.7 Å². The molecule has 0 bridgehead atoms. The Balaban J connectivity index is 2.42. The first-order valence-electron chi connectivity index (χ1n) is 10.1. The molecule has 0 heterocycles. The van der Waals surface area contributed by atoms with Crippen molar-refractivity contribution in [1.82, 2.24) is 0 Å². The minimum absolute atomic E-state index is 0.0597. The van der Waals surface area contributed by atoms with Crippen molar-refractivity contribution in [1.29, 1.82) is 0 Å². The Morgan fingerprint density at radius 3 is 2.30 bits per heavy atom. The highest BCUT2D eigenvalue weighted by molar-refractivity contribution is 5.78. The zero-order valence-electron chi connectivity index (χ0n) is 18.7. The van der Waals surface area contributed by atoms with Gasteiger partial charge in [-0.3, -0.25) is 10.1 Å². The molecule has 0 radical (unpaired) electrons. The first kappa shape index (κ1) is 23.5. The minimum atomic E-state index is -1.02. The number of benzene rings is 2. The number of hydrogen-bond acceptors (Lipinski definition) is 5. The zero-order chi connectivity index (χ0) is 22.5. The monoisotopic (exact) mass is 413 g/mol. The highest BCUT2D eigenvalue weighted by Crippen LogP contribution is 2.36. The topological polar surface area (TPSA) is 78.7 Å². The molecule has 0 saturated carbocycles. The Morgan fingerprint density at radius 1 is 1.13 bits per heavy atom.